The lowest BCUT2D eigenvalue weighted by atomic mass is 10.2. The van der Waals surface area contributed by atoms with Crippen molar-refractivity contribution in [2.45, 2.75) is 26.8 Å². The van der Waals surface area contributed by atoms with Gasteiger partial charge in [-0.1, -0.05) is 15.9 Å². The minimum Gasteiger partial charge on any atom is -0.336 e. The van der Waals surface area contributed by atoms with Crippen LogP contribution in [0.4, 0.5) is 10.5 Å². The first-order chi connectivity index (χ1) is 11.2. The summed E-state index contributed by atoms with van der Waals surface area (Å²) in [4.78, 5) is 36.7. The Labute approximate surface area is 150 Å². The van der Waals surface area contributed by atoms with Crippen LogP contribution in [0, 0.1) is 6.92 Å². The van der Waals surface area contributed by atoms with Gasteiger partial charge >= 0.3 is 6.03 Å². The van der Waals surface area contributed by atoms with Gasteiger partial charge in [0.15, 0.2) is 0 Å². The molecular weight excluding hydrogens is 376 g/mol. The number of likely N-dealkylation sites (N-methyl/N-ethyl adjacent to an activating group) is 1. The number of halogens is 1. The third-order valence-corrected chi connectivity index (χ3v) is 3.46. The van der Waals surface area contributed by atoms with Crippen LogP contribution in [0.1, 0.15) is 19.4 Å². The zero-order valence-electron chi connectivity index (χ0n) is 14.3. The first-order valence-electron chi connectivity index (χ1n) is 7.52. The Kier molecular flexibility index (Phi) is 7.87. The van der Waals surface area contributed by atoms with Gasteiger partial charge < -0.3 is 10.6 Å². The summed E-state index contributed by atoms with van der Waals surface area (Å²) in [5, 5.41) is 7.57. The second-order valence-electron chi connectivity index (χ2n) is 5.86. The van der Waals surface area contributed by atoms with Crippen molar-refractivity contribution in [3.63, 3.8) is 0 Å². The average molecular weight is 399 g/mol. The van der Waals surface area contributed by atoms with E-state index in [1.54, 1.807) is 27.0 Å². The van der Waals surface area contributed by atoms with E-state index in [9.17, 15) is 14.4 Å². The number of nitrogens with one attached hydrogen (secondary N) is 3. The first kappa shape index (κ1) is 20.1. The highest BCUT2D eigenvalue weighted by molar-refractivity contribution is 9.10. The number of anilines is 1. The number of carbonyl (C=O) groups excluding carboxylic acids is 3. The van der Waals surface area contributed by atoms with Crippen LogP contribution in [-0.2, 0) is 9.59 Å². The summed E-state index contributed by atoms with van der Waals surface area (Å²) in [5.74, 6) is -0.703. The summed E-state index contributed by atoms with van der Waals surface area (Å²) < 4.78 is 0.937. The number of aryl methyl sites for hydroxylation is 1. The number of hydrogen-bond acceptors (Lipinski definition) is 4. The van der Waals surface area contributed by atoms with Gasteiger partial charge in [0.1, 0.15) is 0 Å². The van der Waals surface area contributed by atoms with Crippen molar-refractivity contribution >= 4 is 39.5 Å². The molecule has 1 aromatic rings. The molecule has 0 aliphatic rings. The molecule has 0 atom stereocenters. The van der Waals surface area contributed by atoms with Crippen LogP contribution in [0.5, 0.6) is 0 Å². The molecular formula is C16H23BrN4O3. The second-order valence-corrected chi connectivity index (χ2v) is 6.77. The van der Waals surface area contributed by atoms with E-state index in [1.807, 2.05) is 19.1 Å². The third kappa shape index (κ3) is 7.56. The molecule has 0 saturated heterocycles. The monoisotopic (exact) mass is 398 g/mol. The Balaban J connectivity index is 2.43. The molecule has 3 N–H and O–H groups in total. The van der Waals surface area contributed by atoms with Crippen molar-refractivity contribution in [1.29, 1.82) is 0 Å². The molecule has 0 aliphatic carbocycles. The number of urea groups is 1. The summed E-state index contributed by atoms with van der Waals surface area (Å²) in [6.45, 7) is 5.47. The molecule has 7 nitrogen and oxygen atoms in total. The molecule has 132 valence electrons. The quantitative estimate of drug-likeness (QED) is 0.681. The zero-order valence-corrected chi connectivity index (χ0v) is 15.9. The van der Waals surface area contributed by atoms with Crippen molar-refractivity contribution in [3.8, 4) is 0 Å². The highest BCUT2D eigenvalue weighted by Crippen LogP contribution is 2.19. The average Bonchev–Trinajstić information content (AvgIpc) is 2.40. The molecule has 0 bridgehead atoms. The van der Waals surface area contributed by atoms with Gasteiger partial charge in [0.05, 0.1) is 13.1 Å². The summed E-state index contributed by atoms with van der Waals surface area (Å²) in [6.07, 6.45) is 0. The maximum absolute atomic E-state index is 12.0. The van der Waals surface area contributed by atoms with Crippen LogP contribution in [0.25, 0.3) is 0 Å². The smallest absolute Gasteiger partial charge is 0.321 e. The summed E-state index contributed by atoms with van der Waals surface area (Å²) in [7, 11) is 1.63. The minimum atomic E-state index is -0.543. The number of carbonyl (C=O) groups is 3. The number of hydrogen-bond donors (Lipinski definition) is 3. The standard InChI is InChI=1S/C16H23BrN4O3/c1-10(2)18-16(24)20-15(23)9-21(4)8-14(22)19-13-6-5-12(17)7-11(13)3/h5-7,10H,8-9H2,1-4H3,(H,19,22)(H2,18,20,23,24). The third-order valence-electron chi connectivity index (χ3n) is 2.96. The number of benzene rings is 1. The predicted octanol–water partition coefficient (Wildman–Crippen LogP) is 1.86. The van der Waals surface area contributed by atoms with Crippen molar-refractivity contribution < 1.29 is 14.4 Å². The Morgan fingerprint density at radius 3 is 2.38 bits per heavy atom. The van der Waals surface area contributed by atoms with Crippen LogP contribution in [0.2, 0.25) is 0 Å². The van der Waals surface area contributed by atoms with Crippen molar-refractivity contribution in [2.24, 2.45) is 0 Å². The van der Waals surface area contributed by atoms with Crippen molar-refractivity contribution in [3.05, 3.63) is 28.2 Å². The molecule has 0 spiro atoms. The van der Waals surface area contributed by atoms with E-state index in [0.717, 1.165) is 15.7 Å². The fraction of sp³-hybridized carbons (Fsp3) is 0.438. The van der Waals surface area contributed by atoms with E-state index in [0.29, 0.717) is 0 Å². The fourth-order valence-corrected chi connectivity index (χ4v) is 2.44. The highest BCUT2D eigenvalue weighted by atomic mass is 79.9. The normalized spacial score (nSPS) is 10.6. The predicted molar refractivity (Wildman–Crippen MR) is 96.8 cm³/mol. The molecule has 1 aromatic carbocycles. The zero-order chi connectivity index (χ0) is 18.3. The lowest BCUT2D eigenvalue weighted by molar-refractivity contribution is -0.122. The van der Waals surface area contributed by atoms with Gasteiger partial charge in [0.2, 0.25) is 11.8 Å². The van der Waals surface area contributed by atoms with Gasteiger partial charge in [0.25, 0.3) is 0 Å². The van der Waals surface area contributed by atoms with Crippen LogP contribution in [0.15, 0.2) is 22.7 Å². The van der Waals surface area contributed by atoms with Crippen molar-refractivity contribution in [2.75, 3.05) is 25.5 Å². The molecule has 0 saturated carbocycles. The van der Waals surface area contributed by atoms with Gasteiger partial charge in [-0.2, -0.15) is 0 Å². The van der Waals surface area contributed by atoms with Crippen LogP contribution in [0.3, 0.4) is 0 Å². The van der Waals surface area contributed by atoms with Gasteiger partial charge in [0, 0.05) is 16.2 Å². The topological polar surface area (TPSA) is 90.5 Å². The Hall–Kier alpha value is -1.93. The van der Waals surface area contributed by atoms with E-state index in [2.05, 4.69) is 31.9 Å². The van der Waals surface area contributed by atoms with E-state index in [-0.39, 0.29) is 25.0 Å². The van der Waals surface area contributed by atoms with Crippen LogP contribution >= 0.6 is 15.9 Å². The van der Waals surface area contributed by atoms with Crippen LogP contribution in [-0.4, -0.2) is 48.9 Å². The second kappa shape index (κ2) is 9.39. The molecule has 0 fully saturated rings. The van der Waals surface area contributed by atoms with E-state index >= 15 is 0 Å². The molecule has 0 radical (unpaired) electrons. The first-order valence-corrected chi connectivity index (χ1v) is 8.31. The highest BCUT2D eigenvalue weighted by Gasteiger charge is 2.14. The summed E-state index contributed by atoms with van der Waals surface area (Å²) in [5.41, 5.74) is 1.65. The summed E-state index contributed by atoms with van der Waals surface area (Å²) >= 11 is 3.37. The Morgan fingerprint density at radius 1 is 1.17 bits per heavy atom. The maximum atomic E-state index is 12.0. The molecule has 24 heavy (non-hydrogen) atoms. The number of rotatable bonds is 6. The molecule has 0 unspecified atom stereocenters. The van der Waals surface area contributed by atoms with Gasteiger partial charge in [-0.25, -0.2) is 4.79 Å². The molecule has 1 rings (SSSR count). The molecule has 8 heteroatoms. The lowest BCUT2D eigenvalue weighted by Crippen LogP contribution is -2.46. The molecule has 0 aromatic heterocycles. The lowest BCUT2D eigenvalue weighted by Gasteiger charge is -2.17. The molecule has 4 amide bonds. The molecule has 0 heterocycles. The van der Waals surface area contributed by atoms with Gasteiger partial charge in [-0.3, -0.25) is 19.8 Å². The Morgan fingerprint density at radius 2 is 1.79 bits per heavy atom. The number of imide groups is 1. The van der Waals surface area contributed by atoms with Gasteiger partial charge in [-0.15, -0.1) is 0 Å². The van der Waals surface area contributed by atoms with Gasteiger partial charge in [-0.05, 0) is 51.6 Å². The largest absolute Gasteiger partial charge is 0.336 e. The SMILES string of the molecule is Cc1cc(Br)ccc1NC(=O)CN(C)CC(=O)NC(=O)NC(C)C. The van der Waals surface area contributed by atoms with E-state index in [1.165, 1.54) is 4.90 Å². The minimum absolute atomic E-state index is 0.0364. The maximum Gasteiger partial charge on any atom is 0.321 e. The fourth-order valence-electron chi connectivity index (χ4n) is 1.97. The number of amides is 4. The number of nitrogens with zero attached hydrogens (tertiary/aromatic N) is 1. The van der Waals surface area contributed by atoms with Crippen LogP contribution < -0.4 is 16.0 Å². The van der Waals surface area contributed by atoms with E-state index < -0.39 is 11.9 Å². The summed E-state index contributed by atoms with van der Waals surface area (Å²) in [6, 6.07) is 4.95. The van der Waals surface area contributed by atoms with E-state index in [4.69, 9.17) is 0 Å². The Bertz CT molecular complexity index is 619. The molecule has 0 aliphatic heterocycles. The van der Waals surface area contributed by atoms with Crippen molar-refractivity contribution in [1.82, 2.24) is 15.5 Å².